The maximum absolute atomic E-state index is 12.3. The highest BCUT2D eigenvalue weighted by atomic mass is 32.2. The van der Waals surface area contributed by atoms with Gasteiger partial charge in [0.1, 0.15) is 6.10 Å². The lowest BCUT2D eigenvalue weighted by Crippen LogP contribution is -2.18. The molecule has 0 unspecified atom stereocenters. The van der Waals surface area contributed by atoms with E-state index in [4.69, 9.17) is 4.74 Å². The smallest absolute Gasteiger partial charge is 0.253 e. The molecule has 0 aliphatic carbocycles. The van der Waals surface area contributed by atoms with Crippen molar-refractivity contribution < 1.29 is 9.53 Å². The number of benzene rings is 2. The quantitative estimate of drug-likeness (QED) is 0.666. The van der Waals surface area contributed by atoms with E-state index in [2.05, 4.69) is 57.2 Å². The van der Waals surface area contributed by atoms with Crippen molar-refractivity contribution in [1.29, 1.82) is 0 Å². The van der Waals surface area contributed by atoms with Gasteiger partial charge >= 0.3 is 0 Å². The van der Waals surface area contributed by atoms with Crippen molar-refractivity contribution in [3.05, 3.63) is 83.1 Å². The SMILES string of the molecule is CSC(=O)C1=C[C@@H](c2ccccc2)C[C@@H](c2ccc(C(C)(C)C)cc2)O1. The molecule has 0 radical (unpaired) electrons. The second-order valence-electron chi connectivity index (χ2n) is 7.75. The molecule has 0 spiro atoms. The van der Waals surface area contributed by atoms with Crippen molar-refractivity contribution in [3.8, 4) is 0 Å². The molecule has 0 saturated heterocycles. The Morgan fingerprint density at radius 2 is 1.65 bits per heavy atom. The molecule has 0 N–H and O–H groups in total. The van der Waals surface area contributed by atoms with Crippen molar-refractivity contribution in [2.45, 2.75) is 44.6 Å². The Hall–Kier alpha value is -2.00. The van der Waals surface area contributed by atoms with Crippen LogP contribution in [-0.4, -0.2) is 11.4 Å². The molecule has 1 heterocycles. The van der Waals surface area contributed by atoms with E-state index >= 15 is 0 Å². The summed E-state index contributed by atoms with van der Waals surface area (Å²) in [4.78, 5) is 12.3. The van der Waals surface area contributed by atoms with E-state index in [1.807, 2.05) is 24.3 Å². The van der Waals surface area contributed by atoms with Gasteiger partial charge in [-0.05, 0) is 40.9 Å². The van der Waals surface area contributed by atoms with Gasteiger partial charge in [-0.25, -0.2) is 0 Å². The van der Waals surface area contributed by atoms with Gasteiger partial charge in [-0.15, -0.1) is 0 Å². The fourth-order valence-corrected chi connectivity index (χ4v) is 3.59. The molecule has 2 aromatic rings. The molecule has 136 valence electrons. The number of carbonyl (C=O) groups is 1. The van der Waals surface area contributed by atoms with Crippen LogP contribution in [0.5, 0.6) is 0 Å². The predicted octanol–water partition coefficient (Wildman–Crippen LogP) is 6.00. The third-order valence-corrected chi connectivity index (χ3v) is 5.42. The van der Waals surface area contributed by atoms with Crippen LogP contribution in [0.25, 0.3) is 0 Å². The van der Waals surface area contributed by atoms with Crippen LogP contribution in [0.15, 0.2) is 66.4 Å². The van der Waals surface area contributed by atoms with Crippen molar-refractivity contribution in [2.24, 2.45) is 0 Å². The Labute approximate surface area is 160 Å². The summed E-state index contributed by atoms with van der Waals surface area (Å²) in [5, 5.41) is -0.0121. The number of thioether (sulfide) groups is 1. The van der Waals surface area contributed by atoms with Gasteiger partial charge in [0.25, 0.3) is 5.12 Å². The van der Waals surface area contributed by atoms with Gasteiger partial charge in [0, 0.05) is 5.92 Å². The van der Waals surface area contributed by atoms with Gasteiger partial charge in [0.05, 0.1) is 0 Å². The first-order valence-corrected chi connectivity index (χ1v) is 10.2. The normalized spacial score (nSPS) is 20.2. The first-order valence-electron chi connectivity index (χ1n) is 9.00. The maximum atomic E-state index is 12.3. The van der Waals surface area contributed by atoms with Gasteiger partial charge in [-0.2, -0.15) is 0 Å². The van der Waals surface area contributed by atoms with E-state index in [0.717, 1.165) is 12.0 Å². The maximum Gasteiger partial charge on any atom is 0.253 e. The van der Waals surface area contributed by atoms with E-state index < -0.39 is 0 Å². The summed E-state index contributed by atoms with van der Waals surface area (Å²) in [5.74, 6) is 0.658. The summed E-state index contributed by atoms with van der Waals surface area (Å²) < 4.78 is 6.09. The number of allylic oxidation sites excluding steroid dienone is 1. The summed E-state index contributed by atoms with van der Waals surface area (Å²) in [6.07, 6.45) is 4.51. The zero-order valence-electron chi connectivity index (χ0n) is 15.9. The monoisotopic (exact) mass is 366 g/mol. The van der Waals surface area contributed by atoms with Crippen molar-refractivity contribution in [1.82, 2.24) is 0 Å². The van der Waals surface area contributed by atoms with Crippen LogP contribution < -0.4 is 0 Å². The third-order valence-electron chi connectivity index (χ3n) is 4.85. The summed E-state index contributed by atoms with van der Waals surface area (Å²) in [5.41, 5.74) is 3.77. The molecule has 1 aliphatic heterocycles. The van der Waals surface area contributed by atoms with Crippen LogP contribution in [0.3, 0.4) is 0 Å². The minimum atomic E-state index is -0.106. The minimum absolute atomic E-state index is 0.0121. The van der Waals surface area contributed by atoms with E-state index in [0.29, 0.717) is 5.76 Å². The fourth-order valence-electron chi connectivity index (χ4n) is 3.27. The first kappa shape index (κ1) is 18.8. The summed E-state index contributed by atoms with van der Waals surface area (Å²) in [6.45, 7) is 6.63. The Bertz CT molecular complexity index is 785. The Kier molecular flexibility index (Phi) is 5.57. The Morgan fingerprint density at radius 3 is 2.23 bits per heavy atom. The molecule has 0 amide bonds. The van der Waals surface area contributed by atoms with Gasteiger partial charge < -0.3 is 4.74 Å². The molecule has 1 aliphatic rings. The van der Waals surface area contributed by atoms with Crippen LogP contribution >= 0.6 is 11.8 Å². The van der Waals surface area contributed by atoms with E-state index in [9.17, 15) is 4.79 Å². The standard InChI is InChI=1S/C23H26O2S/c1-23(2,3)19-12-10-17(11-13-19)20-14-18(16-8-6-5-7-9-16)15-21(25-20)22(24)26-4/h5-13,15,18,20H,14H2,1-4H3/t18-,20-/m0/s1. The lowest BCUT2D eigenvalue weighted by molar-refractivity contribution is -0.112. The molecule has 0 bridgehead atoms. The molecule has 0 fully saturated rings. The van der Waals surface area contributed by atoms with E-state index in [1.165, 1.54) is 22.9 Å². The van der Waals surface area contributed by atoms with E-state index in [1.54, 1.807) is 6.26 Å². The summed E-state index contributed by atoms with van der Waals surface area (Å²) in [7, 11) is 0. The number of carbonyl (C=O) groups excluding carboxylic acids is 1. The zero-order chi connectivity index (χ0) is 18.7. The average Bonchev–Trinajstić information content (AvgIpc) is 2.67. The second kappa shape index (κ2) is 7.71. The highest BCUT2D eigenvalue weighted by Gasteiger charge is 2.29. The molecule has 2 aromatic carbocycles. The van der Waals surface area contributed by atoms with E-state index in [-0.39, 0.29) is 22.6 Å². The molecule has 0 saturated carbocycles. The number of rotatable bonds is 3. The number of hydrogen-bond acceptors (Lipinski definition) is 3. The molecule has 3 heteroatoms. The van der Waals surface area contributed by atoms with Crippen LogP contribution in [0.2, 0.25) is 0 Å². The van der Waals surface area contributed by atoms with Crippen LogP contribution in [-0.2, 0) is 14.9 Å². The fraction of sp³-hybridized carbons (Fsp3) is 0.348. The second-order valence-corrected chi connectivity index (χ2v) is 8.53. The van der Waals surface area contributed by atoms with Crippen molar-refractivity contribution in [3.63, 3.8) is 0 Å². The third kappa shape index (κ3) is 4.21. The molecule has 2 atom stereocenters. The van der Waals surface area contributed by atoms with Gasteiger partial charge in [0.2, 0.25) is 0 Å². The largest absolute Gasteiger partial charge is 0.481 e. The van der Waals surface area contributed by atoms with Crippen LogP contribution in [0, 0.1) is 0 Å². The van der Waals surface area contributed by atoms with Gasteiger partial charge in [-0.3, -0.25) is 4.79 Å². The van der Waals surface area contributed by atoms with Crippen molar-refractivity contribution in [2.75, 3.05) is 6.26 Å². The molecule has 0 aromatic heterocycles. The minimum Gasteiger partial charge on any atom is -0.481 e. The first-order chi connectivity index (χ1) is 12.4. The summed E-state index contributed by atoms with van der Waals surface area (Å²) in [6, 6.07) is 19.0. The Morgan fingerprint density at radius 1 is 1.00 bits per heavy atom. The van der Waals surface area contributed by atoms with Gasteiger partial charge in [-0.1, -0.05) is 87.1 Å². The molecule has 26 heavy (non-hydrogen) atoms. The highest BCUT2D eigenvalue weighted by Crippen LogP contribution is 2.39. The van der Waals surface area contributed by atoms with Crippen LogP contribution in [0.1, 0.15) is 55.9 Å². The average molecular weight is 367 g/mol. The predicted molar refractivity (Wildman–Crippen MR) is 109 cm³/mol. The van der Waals surface area contributed by atoms with Crippen molar-refractivity contribution >= 4 is 16.9 Å². The molecular weight excluding hydrogens is 340 g/mol. The Balaban J connectivity index is 1.91. The number of hydrogen-bond donors (Lipinski definition) is 0. The summed E-state index contributed by atoms with van der Waals surface area (Å²) >= 11 is 1.20. The number of ether oxygens (including phenoxy) is 1. The molecule has 3 rings (SSSR count). The topological polar surface area (TPSA) is 26.3 Å². The molecule has 2 nitrogen and oxygen atoms in total. The zero-order valence-corrected chi connectivity index (χ0v) is 16.7. The lowest BCUT2D eigenvalue weighted by atomic mass is 9.84. The molecular formula is C23H26O2S. The van der Waals surface area contributed by atoms with Crippen LogP contribution in [0.4, 0.5) is 0 Å². The lowest BCUT2D eigenvalue weighted by Gasteiger charge is -2.30. The van der Waals surface area contributed by atoms with Gasteiger partial charge in [0.15, 0.2) is 5.76 Å². The highest BCUT2D eigenvalue weighted by molar-refractivity contribution is 8.13.